The predicted octanol–water partition coefficient (Wildman–Crippen LogP) is 2.32. The number of hydrogen-bond acceptors (Lipinski definition) is 5. The SMILES string of the molecule is CC(=O)NC1CCCN(c2ncc3c(C)cc(=O)n(C4CCCC4)c3n2)C1. The molecular weight excluding hydrogens is 342 g/mol. The van der Waals surface area contributed by atoms with Gasteiger partial charge in [-0.1, -0.05) is 12.8 Å². The number of amides is 1. The fourth-order valence-electron chi connectivity index (χ4n) is 4.49. The molecule has 144 valence electrons. The molecule has 2 aliphatic rings. The summed E-state index contributed by atoms with van der Waals surface area (Å²) in [4.78, 5) is 35.7. The van der Waals surface area contributed by atoms with Gasteiger partial charge in [0.1, 0.15) is 5.65 Å². The van der Waals surface area contributed by atoms with E-state index in [-0.39, 0.29) is 23.6 Å². The van der Waals surface area contributed by atoms with Crippen LogP contribution in [-0.4, -0.2) is 39.6 Å². The Kier molecular flexibility index (Phi) is 4.85. The van der Waals surface area contributed by atoms with Crippen molar-refractivity contribution in [3.8, 4) is 0 Å². The first-order valence-corrected chi connectivity index (χ1v) is 9.94. The molecule has 3 heterocycles. The van der Waals surface area contributed by atoms with Gasteiger partial charge in [-0.25, -0.2) is 4.98 Å². The molecule has 0 radical (unpaired) electrons. The van der Waals surface area contributed by atoms with E-state index in [4.69, 9.17) is 4.98 Å². The van der Waals surface area contributed by atoms with Crippen LogP contribution < -0.4 is 15.8 Å². The van der Waals surface area contributed by atoms with Gasteiger partial charge in [-0.3, -0.25) is 14.2 Å². The second-order valence-corrected chi connectivity index (χ2v) is 7.87. The van der Waals surface area contributed by atoms with E-state index in [1.165, 1.54) is 0 Å². The van der Waals surface area contributed by atoms with Crippen LogP contribution in [0.15, 0.2) is 17.1 Å². The Hall–Kier alpha value is -2.44. The van der Waals surface area contributed by atoms with Crippen molar-refractivity contribution in [2.45, 2.75) is 64.5 Å². The van der Waals surface area contributed by atoms with Crippen LogP contribution in [0.5, 0.6) is 0 Å². The van der Waals surface area contributed by atoms with Crippen molar-refractivity contribution < 1.29 is 4.79 Å². The van der Waals surface area contributed by atoms with Crippen molar-refractivity contribution >= 4 is 22.9 Å². The van der Waals surface area contributed by atoms with Gasteiger partial charge < -0.3 is 10.2 Å². The lowest BCUT2D eigenvalue weighted by Crippen LogP contribution is -2.47. The van der Waals surface area contributed by atoms with Crippen LogP contribution in [0.4, 0.5) is 5.95 Å². The van der Waals surface area contributed by atoms with Crippen LogP contribution in [0.25, 0.3) is 11.0 Å². The molecule has 1 unspecified atom stereocenters. The number of aryl methyl sites for hydroxylation is 1. The number of pyridine rings is 1. The summed E-state index contributed by atoms with van der Waals surface area (Å²) in [7, 11) is 0. The van der Waals surface area contributed by atoms with Gasteiger partial charge in [0.05, 0.1) is 0 Å². The molecule has 1 amide bonds. The Morgan fingerprint density at radius 2 is 2.00 bits per heavy atom. The van der Waals surface area contributed by atoms with Gasteiger partial charge in [-0.15, -0.1) is 0 Å². The average molecular weight is 369 g/mol. The quantitative estimate of drug-likeness (QED) is 0.898. The van der Waals surface area contributed by atoms with E-state index < -0.39 is 0 Å². The predicted molar refractivity (Wildman–Crippen MR) is 105 cm³/mol. The molecule has 0 bridgehead atoms. The monoisotopic (exact) mass is 369 g/mol. The number of nitrogens with zero attached hydrogens (tertiary/aromatic N) is 4. The molecule has 2 aromatic rings. The molecule has 1 saturated carbocycles. The van der Waals surface area contributed by atoms with Gasteiger partial charge >= 0.3 is 0 Å². The van der Waals surface area contributed by atoms with Crippen LogP contribution in [-0.2, 0) is 4.79 Å². The number of anilines is 1. The van der Waals surface area contributed by atoms with Crippen LogP contribution in [0.3, 0.4) is 0 Å². The number of carbonyl (C=O) groups is 1. The van der Waals surface area contributed by atoms with E-state index in [9.17, 15) is 9.59 Å². The summed E-state index contributed by atoms with van der Waals surface area (Å²) in [5, 5.41) is 3.95. The van der Waals surface area contributed by atoms with Gasteiger partial charge in [-0.2, -0.15) is 4.98 Å². The first-order valence-electron chi connectivity index (χ1n) is 9.94. The van der Waals surface area contributed by atoms with Crippen LogP contribution in [0.1, 0.15) is 57.1 Å². The van der Waals surface area contributed by atoms with Gasteiger partial charge in [0.15, 0.2) is 0 Å². The third-order valence-electron chi connectivity index (χ3n) is 5.79. The van der Waals surface area contributed by atoms with Crippen molar-refractivity contribution in [3.05, 3.63) is 28.2 Å². The zero-order valence-corrected chi connectivity index (χ0v) is 16.1. The molecule has 1 atom stereocenters. The van der Waals surface area contributed by atoms with E-state index in [1.54, 1.807) is 13.0 Å². The summed E-state index contributed by atoms with van der Waals surface area (Å²) in [6.45, 7) is 5.06. The summed E-state index contributed by atoms with van der Waals surface area (Å²) < 4.78 is 1.88. The summed E-state index contributed by atoms with van der Waals surface area (Å²) in [6, 6.07) is 2.05. The van der Waals surface area contributed by atoms with E-state index in [2.05, 4.69) is 15.2 Å². The third-order valence-corrected chi connectivity index (χ3v) is 5.79. The maximum atomic E-state index is 12.7. The molecular formula is C20H27N5O2. The highest BCUT2D eigenvalue weighted by Gasteiger charge is 2.25. The smallest absolute Gasteiger partial charge is 0.252 e. The number of fused-ring (bicyclic) bond motifs is 1. The first-order chi connectivity index (χ1) is 13.0. The van der Waals surface area contributed by atoms with Crippen LogP contribution in [0.2, 0.25) is 0 Å². The highest BCUT2D eigenvalue weighted by Crippen LogP contribution is 2.31. The molecule has 1 saturated heterocycles. The summed E-state index contributed by atoms with van der Waals surface area (Å²) in [5.41, 5.74) is 1.70. The molecule has 1 aliphatic heterocycles. The molecule has 7 heteroatoms. The third kappa shape index (κ3) is 3.55. The Morgan fingerprint density at radius 3 is 2.74 bits per heavy atom. The number of carbonyl (C=O) groups excluding carboxylic acids is 1. The number of hydrogen-bond donors (Lipinski definition) is 1. The normalized spacial score (nSPS) is 21.0. The number of nitrogens with one attached hydrogen (secondary N) is 1. The molecule has 1 aliphatic carbocycles. The largest absolute Gasteiger partial charge is 0.352 e. The fourth-order valence-corrected chi connectivity index (χ4v) is 4.49. The van der Waals surface area contributed by atoms with E-state index in [0.717, 1.165) is 61.7 Å². The van der Waals surface area contributed by atoms with Crippen molar-refractivity contribution in [2.75, 3.05) is 18.0 Å². The van der Waals surface area contributed by atoms with Gasteiger partial charge in [0, 0.05) is 49.7 Å². The van der Waals surface area contributed by atoms with E-state index >= 15 is 0 Å². The molecule has 0 spiro atoms. The number of rotatable bonds is 3. The molecule has 7 nitrogen and oxygen atoms in total. The Labute approximate surface area is 158 Å². The lowest BCUT2D eigenvalue weighted by Gasteiger charge is -2.33. The molecule has 4 rings (SSSR count). The van der Waals surface area contributed by atoms with Crippen molar-refractivity contribution in [2.24, 2.45) is 0 Å². The minimum Gasteiger partial charge on any atom is -0.352 e. The zero-order chi connectivity index (χ0) is 19.0. The Morgan fingerprint density at radius 1 is 1.22 bits per heavy atom. The number of piperidine rings is 1. The van der Waals surface area contributed by atoms with Gasteiger partial charge in [0.25, 0.3) is 5.56 Å². The van der Waals surface area contributed by atoms with Crippen molar-refractivity contribution in [1.29, 1.82) is 0 Å². The molecule has 1 N–H and O–H groups in total. The molecule has 2 fully saturated rings. The van der Waals surface area contributed by atoms with Crippen molar-refractivity contribution in [3.63, 3.8) is 0 Å². The Bertz CT molecular complexity index is 916. The molecule has 0 aromatic carbocycles. The lowest BCUT2D eigenvalue weighted by atomic mass is 10.1. The van der Waals surface area contributed by atoms with Crippen molar-refractivity contribution in [1.82, 2.24) is 19.9 Å². The maximum Gasteiger partial charge on any atom is 0.252 e. The molecule has 27 heavy (non-hydrogen) atoms. The average Bonchev–Trinajstić information content (AvgIpc) is 3.15. The van der Waals surface area contributed by atoms with Crippen LogP contribution >= 0.6 is 0 Å². The molecule has 2 aromatic heterocycles. The minimum atomic E-state index is -0.00743. The second-order valence-electron chi connectivity index (χ2n) is 7.87. The lowest BCUT2D eigenvalue weighted by molar-refractivity contribution is -0.119. The van der Waals surface area contributed by atoms with Crippen LogP contribution in [0, 0.1) is 6.92 Å². The standard InChI is InChI=1S/C20H27N5O2/c1-13-10-18(27)25(16-7-3-4-8-16)19-17(13)11-21-20(23-19)24-9-5-6-15(12-24)22-14(2)26/h10-11,15-16H,3-9,12H2,1-2H3,(H,22,26). The Balaban J connectivity index is 1.73. The minimum absolute atomic E-state index is 0.00743. The van der Waals surface area contributed by atoms with Gasteiger partial charge in [-0.05, 0) is 38.2 Å². The van der Waals surface area contributed by atoms with E-state index in [0.29, 0.717) is 12.5 Å². The first kappa shape index (κ1) is 17.9. The van der Waals surface area contributed by atoms with E-state index in [1.807, 2.05) is 17.7 Å². The fraction of sp³-hybridized carbons (Fsp3) is 0.600. The summed E-state index contributed by atoms with van der Waals surface area (Å²) >= 11 is 0. The zero-order valence-electron chi connectivity index (χ0n) is 16.1. The topological polar surface area (TPSA) is 80.1 Å². The second kappa shape index (κ2) is 7.29. The maximum absolute atomic E-state index is 12.7. The highest BCUT2D eigenvalue weighted by atomic mass is 16.1. The number of aromatic nitrogens is 3. The summed E-state index contributed by atoms with van der Waals surface area (Å²) in [6.07, 6.45) is 8.19. The highest BCUT2D eigenvalue weighted by molar-refractivity contribution is 5.79. The van der Waals surface area contributed by atoms with Gasteiger partial charge in [0.2, 0.25) is 11.9 Å². The summed E-state index contributed by atoms with van der Waals surface area (Å²) in [5.74, 6) is 0.640.